The minimum absolute atomic E-state index is 0.103. The summed E-state index contributed by atoms with van der Waals surface area (Å²) in [5.41, 5.74) is 3.00. The van der Waals surface area contributed by atoms with Gasteiger partial charge in [0.1, 0.15) is 6.04 Å². The van der Waals surface area contributed by atoms with Gasteiger partial charge in [-0.25, -0.2) is 14.5 Å². The topological polar surface area (TPSA) is 77.3 Å². The zero-order chi connectivity index (χ0) is 22.3. The van der Waals surface area contributed by atoms with E-state index in [9.17, 15) is 9.59 Å². The van der Waals surface area contributed by atoms with Gasteiger partial charge in [0.2, 0.25) is 0 Å². The van der Waals surface area contributed by atoms with E-state index in [1.165, 1.54) is 12.0 Å². The maximum absolute atomic E-state index is 13.8. The summed E-state index contributed by atoms with van der Waals surface area (Å²) in [6.45, 7) is 8.75. The minimum Gasteiger partial charge on any atom is -0.467 e. The molecule has 1 aliphatic heterocycles. The number of ether oxygens (including phenoxy) is 1. The van der Waals surface area contributed by atoms with Crippen molar-refractivity contribution in [1.82, 2.24) is 19.7 Å². The molecule has 3 aromatic heterocycles. The fourth-order valence-electron chi connectivity index (χ4n) is 4.31. The standard InChI is InChI=1S/C23H28N4O3S/c1-13(2)27-21-18(12-24-27)17(11-19(25-21)16-10-14(3)31-15(16)4)22(28)26-9-7-6-8-20(26)23(29)30-5/h10-13,20H,6-9H2,1-5H3. The Morgan fingerprint density at radius 2 is 2.00 bits per heavy atom. The van der Waals surface area contributed by atoms with E-state index in [0.717, 1.165) is 29.0 Å². The number of nitrogens with zero attached hydrogens (tertiary/aromatic N) is 4. The fourth-order valence-corrected chi connectivity index (χ4v) is 5.24. The lowest BCUT2D eigenvalue weighted by atomic mass is 9.99. The number of carbonyl (C=O) groups is 2. The Kier molecular flexibility index (Phi) is 5.83. The Balaban J connectivity index is 1.89. The van der Waals surface area contributed by atoms with Crippen LogP contribution in [0.15, 0.2) is 18.3 Å². The van der Waals surface area contributed by atoms with Crippen molar-refractivity contribution in [2.45, 2.75) is 59.0 Å². The molecule has 1 aliphatic rings. The van der Waals surface area contributed by atoms with Crippen LogP contribution in [-0.4, -0.2) is 51.2 Å². The molecule has 3 aromatic rings. The molecule has 0 saturated carbocycles. The number of aryl methyl sites for hydroxylation is 2. The lowest BCUT2D eigenvalue weighted by molar-refractivity contribution is -0.147. The zero-order valence-electron chi connectivity index (χ0n) is 18.6. The lowest BCUT2D eigenvalue weighted by Gasteiger charge is -2.34. The number of rotatable bonds is 4. The third-order valence-corrected chi connectivity index (χ3v) is 6.81. The summed E-state index contributed by atoms with van der Waals surface area (Å²) in [7, 11) is 1.37. The highest BCUT2D eigenvalue weighted by atomic mass is 32.1. The smallest absolute Gasteiger partial charge is 0.328 e. The molecule has 164 valence electrons. The van der Waals surface area contributed by atoms with E-state index in [0.29, 0.717) is 29.6 Å². The molecule has 0 aliphatic carbocycles. The average molecular weight is 441 g/mol. The normalized spacial score (nSPS) is 16.8. The molecule has 1 amide bonds. The predicted molar refractivity (Wildman–Crippen MR) is 121 cm³/mol. The fraction of sp³-hybridized carbons (Fsp3) is 0.478. The molecule has 4 heterocycles. The van der Waals surface area contributed by atoms with Crippen LogP contribution in [0.2, 0.25) is 0 Å². The second-order valence-corrected chi connectivity index (χ2v) is 9.80. The van der Waals surface area contributed by atoms with E-state index in [4.69, 9.17) is 9.72 Å². The van der Waals surface area contributed by atoms with Crippen LogP contribution in [0.3, 0.4) is 0 Å². The summed E-state index contributed by atoms with van der Waals surface area (Å²) < 4.78 is 6.83. The van der Waals surface area contributed by atoms with Crippen molar-refractivity contribution >= 4 is 34.2 Å². The minimum atomic E-state index is -0.553. The van der Waals surface area contributed by atoms with Gasteiger partial charge in [0.25, 0.3) is 5.91 Å². The Morgan fingerprint density at radius 3 is 2.65 bits per heavy atom. The number of esters is 1. The Morgan fingerprint density at radius 1 is 1.23 bits per heavy atom. The van der Waals surface area contributed by atoms with Crippen LogP contribution >= 0.6 is 11.3 Å². The van der Waals surface area contributed by atoms with Crippen LogP contribution in [0.5, 0.6) is 0 Å². The van der Waals surface area contributed by atoms with Crippen molar-refractivity contribution in [3.05, 3.63) is 33.6 Å². The summed E-state index contributed by atoms with van der Waals surface area (Å²) >= 11 is 1.71. The van der Waals surface area contributed by atoms with E-state index in [1.54, 1.807) is 22.4 Å². The number of carbonyl (C=O) groups excluding carboxylic acids is 2. The Hall–Kier alpha value is -2.74. The van der Waals surface area contributed by atoms with Gasteiger partial charge in [0, 0.05) is 27.9 Å². The molecule has 7 nitrogen and oxygen atoms in total. The number of methoxy groups -OCH3 is 1. The molecule has 1 atom stereocenters. The number of likely N-dealkylation sites (tertiary alicyclic amines) is 1. The maximum Gasteiger partial charge on any atom is 0.328 e. The first-order valence-electron chi connectivity index (χ1n) is 10.7. The SMILES string of the molecule is COC(=O)C1CCCCN1C(=O)c1cc(-c2cc(C)sc2C)nc2c1cnn2C(C)C. The maximum atomic E-state index is 13.8. The van der Waals surface area contributed by atoms with Crippen LogP contribution in [0.4, 0.5) is 0 Å². The summed E-state index contributed by atoms with van der Waals surface area (Å²) in [4.78, 5) is 35.0. The molecule has 1 saturated heterocycles. The molecule has 8 heteroatoms. The molecule has 1 fully saturated rings. The molecule has 0 spiro atoms. The van der Waals surface area contributed by atoms with Gasteiger partial charge in [0.15, 0.2) is 5.65 Å². The molecular formula is C23H28N4O3S. The number of hydrogen-bond acceptors (Lipinski definition) is 6. The molecule has 4 rings (SSSR count). The van der Waals surface area contributed by atoms with Crippen LogP contribution in [0.25, 0.3) is 22.3 Å². The van der Waals surface area contributed by atoms with Gasteiger partial charge in [-0.15, -0.1) is 11.3 Å². The second-order valence-electron chi connectivity index (χ2n) is 8.34. The predicted octanol–water partition coefficient (Wildman–Crippen LogP) is 4.53. The Bertz CT molecular complexity index is 1150. The van der Waals surface area contributed by atoms with Gasteiger partial charge in [-0.2, -0.15) is 5.10 Å². The molecule has 31 heavy (non-hydrogen) atoms. The van der Waals surface area contributed by atoms with E-state index < -0.39 is 6.04 Å². The number of aromatic nitrogens is 3. The van der Waals surface area contributed by atoms with Gasteiger partial charge in [-0.1, -0.05) is 0 Å². The quantitative estimate of drug-likeness (QED) is 0.557. The third kappa shape index (κ3) is 3.84. The van der Waals surface area contributed by atoms with Gasteiger partial charge in [-0.3, -0.25) is 4.79 Å². The number of hydrogen-bond donors (Lipinski definition) is 0. The van der Waals surface area contributed by atoms with E-state index >= 15 is 0 Å². The van der Waals surface area contributed by atoms with Crippen LogP contribution in [0, 0.1) is 13.8 Å². The summed E-state index contributed by atoms with van der Waals surface area (Å²) in [6.07, 6.45) is 4.10. The first kappa shape index (κ1) is 21.5. The highest BCUT2D eigenvalue weighted by Crippen LogP contribution is 2.33. The Labute approximate surface area is 186 Å². The van der Waals surface area contributed by atoms with Crippen molar-refractivity contribution in [3.63, 3.8) is 0 Å². The van der Waals surface area contributed by atoms with Crippen LogP contribution in [-0.2, 0) is 9.53 Å². The van der Waals surface area contributed by atoms with Gasteiger partial charge in [-0.05, 0) is 59.1 Å². The average Bonchev–Trinajstić information content (AvgIpc) is 3.34. The number of pyridine rings is 1. The van der Waals surface area contributed by atoms with Gasteiger partial charge in [0.05, 0.1) is 30.0 Å². The van der Waals surface area contributed by atoms with E-state index in [1.807, 2.05) is 24.6 Å². The van der Waals surface area contributed by atoms with Gasteiger partial charge >= 0.3 is 5.97 Å². The van der Waals surface area contributed by atoms with Crippen molar-refractivity contribution in [2.24, 2.45) is 0 Å². The molecular weight excluding hydrogens is 412 g/mol. The summed E-state index contributed by atoms with van der Waals surface area (Å²) in [5, 5.41) is 5.22. The van der Waals surface area contributed by atoms with Crippen LogP contribution in [0.1, 0.15) is 59.3 Å². The first-order valence-corrected chi connectivity index (χ1v) is 11.5. The zero-order valence-corrected chi connectivity index (χ0v) is 19.5. The second kappa shape index (κ2) is 8.42. The summed E-state index contributed by atoms with van der Waals surface area (Å²) in [6, 6.07) is 3.51. The highest BCUT2D eigenvalue weighted by molar-refractivity contribution is 7.12. The largest absolute Gasteiger partial charge is 0.467 e. The summed E-state index contributed by atoms with van der Waals surface area (Å²) in [5.74, 6) is -0.530. The first-order chi connectivity index (χ1) is 14.8. The lowest BCUT2D eigenvalue weighted by Crippen LogP contribution is -2.48. The molecule has 1 unspecified atom stereocenters. The highest BCUT2D eigenvalue weighted by Gasteiger charge is 2.34. The van der Waals surface area contributed by atoms with Crippen molar-refractivity contribution in [2.75, 3.05) is 13.7 Å². The number of amides is 1. The molecule has 0 bridgehead atoms. The monoisotopic (exact) mass is 440 g/mol. The number of piperidine rings is 1. The van der Waals surface area contributed by atoms with Gasteiger partial charge < -0.3 is 9.64 Å². The van der Waals surface area contributed by atoms with Crippen molar-refractivity contribution in [3.8, 4) is 11.3 Å². The third-order valence-electron chi connectivity index (χ3n) is 5.84. The molecule has 0 aromatic carbocycles. The number of fused-ring (bicyclic) bond motifs is 1. The van der Waals surface area contributed by atoms with Crippen molar-refractivity contribution in [1.29, 1.82) is 0 Å². The van der Waals surface area contributed by atoms with E-state index in [-0.39, 0.29) is 17.9 Å². The van der Waals surface area contributed by atoms with Crippen molar-refractivity contribution < 1.29 is 14.3 Å². The molecule has 0 radical (unpaired) electrons. The molecule has 0 N–H and O–H groups in total. The van der Waals surface area contributed by atoms with Crippen LogP contribution < -0.4 is 0 Å². The number of thiophene rings is 1. The van der Waals surface area contributed by atoms with E-state index in [2.05, 4.69) is 25.0 Å².